The summed E-state index contributed by atoms with van der Waals surface area (Å²) in [5.74, 6) is 0.354. The van der Waals surface area contributed by atoms with Crippen LogP contribution in [-0.2, 0) is 0 Å². The fourth-order valence-electron chi connectivity index (χ4n) is 4.81. The van der Waals surface area contributed by atoms with Gasteiger partial charge in [0.25, 0.3) is 12.9 Å². The van der Waals surface area contributed by atoms with Gasteiger partial charge in [-0.1, -0.05) is 6.08 Å². The maximum absolute atomic E-state index is 13.1. The standard InChI is InChI=1S/C21H24F4NS2.BrH/c1-26(2)13-3-4-14(26)10-12(9-13)11-15(16-5-7-18(27-16)20(22)23)17-6-8-19(28-17)21(24)25;/h5-8,11-14,20-21H,3-4,9-10H2,1-2H3;1H/q+1;/p-1/t13-,14-;/m0./s1. The van der Waals surface area contributed by atoms with Crippen molar-refractivity contribution in [3.63, 3.8) is 0 Å². The lowest BCUT2D eigenvalue weighted by Gasteiger charge is -2.43. The predicted octanol–water partition coefficient (Wildman–Crippen LogP) is 4.14. The van der Waals surface area contributed by atoms with E-state index in [1.54, 1.807) is 12.1 Å². The topological polar surface area (TPSA) is 0 Å². The molecule has 1 nitrogen and oxygen atoms in total. The van der Waals surface area contributed by atoms with Crippen molar-refractivity contribution in [2.24, 2.45) is 5.92 Å². The summed E-state index contributed by atoms with van der Waals surface area (Å²) < 4.78 is 53.5. The number of rotatable bonds is 5. The van der Waals surface area contributed by atoms with Crippen molar-refractivity contribution in [3.05, 3.63) is 49.9 Å². The summed E-state index contributed by atoms with van der Waals surface area (Å²) in [6.45, 7) is 0. The summed E-state index contributed by atoms with van der Waals surface area (Å²) in [5, 5.41) is 0. The zero-order valence-corrected chi connectivity index (χ0v) is 19.5. The van der Waals surface area contributed by atoms with Crippen LogP contribution >= 0.6 is 22.7 Å². The summed E-state index contributed by atoms with van der Waals surface area (Å²) >= 11 is 2.13. The summed E-state index contributed by atoms with van der Waals surface area (Å²) in [7, 11) is 4.59. The smallest absolute Gasteiger partial charge is 0.272 e. The van der Waals surface area contributed by atoms with Crippen molar-refractivity contribution >= 4 is 28.2 Å². The molecule has 0 radical (unpaired) electrons. The van der Waals surface area contributed by atoms with E-state index in [0.29, 0.717) is 18.0 Å². The van der Waals surface area contributed by atoms with Crippen LogP contribution < -0.4 is 17.0 Å². The van der Waals surface area contributed by atoms with Crippen LogP contribution in [0.1, 0.15) is 58.0 Å². The second-order valence-corrected chi connectivity index (χ2v) is 10.6. The van der Waals surface area contributed by atoms with Gasteiger partial charge in [-0.2, -0.15) is 0 Å². The minimum atomic E-state index is -2.51. The molecule has 0 saturated carbocycles. The third-order valence-electron chi connectivity index (χ3n) is 6.48. The van der Waals surface area contributed by atoms with Crippen molar-refractivity contribution in [2.45, 2.75) is 50.6 Å². The molecule has 2 aromatic heterocycles. The molecule has 0 unspecified atom stereocenters. The molecule has 2 saturated heterocycles. The first-order valence-corrected chi connectivity index (χ1v) is 11.2. The molecule has 160 valence electrons. The molecule has 2 aliphatic heterocycles. The Hall–Kier alpha value is -0.700. The zero-order valence-electron chi connectivity index (χ0n) is 16.3. The van der Waals surface area contributed by atoms with Gasteiger partial charge in [0.2, 0.25) is 0 Å². The number of fused-ring (bicyclic) bond motifs is 2. The molecule has 2 bridgehead atoms. The Balaban J connectivity index is 0.00000240. The third kappa shape index (κ3) is 4.50. The Kier molecular flexibility index (Phi) is 6.98. The van der Waals surface area contributed by atoms with E-state index in [2.05, 4.69) is 20.2 Å². The summed E-state index contributed by atoms with van der Waals surface area (Å²) in [6, 6.07) is 7.53. The Morgan fingerprint density at radius 2 is 1.34 bits per heavy atom. The summed E-state index contributed by atoms with van der Waals surface area (Å²) in [6.07, 6.45) is 1.72. The van der Waals surface area contributed by atoms with Gasteiger partial charge in [0.15, 0.2) is 0 Å². The Bertz CT molecular complexity index is 809. The molecule has 2 aliphatic rings. The van der Waals surface area contributed by atoms with Gasteiger partial charge < -0.3 is 21.5 Å². The highest BCUT2D eigenvalue weighted by molar-refractivity contribution is 7.15. The number of allylic oxidation sites excluding steroid dienone is 1. The molecular formula is C21H24BrF4NS2. The molecule has 0 aliphatic carbocycles. The van der Waals surface area contributed by atoms with E-state index in [9.17, 15) is 17.6 Å². The number of alkyl halides is 4. The number of nitrogens with zero attached hydrogens (tertiary/aromatic N) is 1. The van der Waals surface area contributed by atoms with Gasteiger partial charge in [-0.05, 0) is 30.2 Å². The highest BCUT2D eigenvalue weighted by Gasteiger charge is 2.48. The first kappa shape index (κ1) is 23.0. The van der Waals surface area contributed by atoms with E-state index in [-0.39, 0.29) is 26.7 Å². The van der Waals surface area contributed by atoms with Crippen molar-refractivity contribution < 1.29 is 39.0 Å². The van der Waals surface area contributed by atoms with Gasteiger partial charge in [0.1, 0.15) is 0 Å². The van der Waals surface area contributed by atoms with E-state index < -0.39 is 12.9 Å². The quantitative estimate of drug-likeness (QED) is 0.419. The summed E-state index contributed by atoms with van der Waals surface area (Å²) in [4.78, 5) is 1.52. The lowest BCUT2D eigenvalue weighted by atomic mass is 9.87. The van der Waals surface area contributed by atoms with Crippen molar-refractivity contribution in [3.8, 4) is 0 Å². The first-order valence-electron chi connectivity index (χ1n) is 9.57. The number of hydrogen-bond donors (Lipinski definition) is 0. The number of piperidine rings is 1. The number of hydrogen-bond acceptors (Lipinski definition) is 2. The lowest BCUT2D eigenvalue weighted by Crippen LogP contribution is -3.00. The number of halogens is 5. The Morgan fingerprint density at radius 3 is 1.72 bits per heavy atom. The van der Waals surface area contributed by atoms with E-state index in [1.807, 2.05) is 0 Å². The molecule has 0 N–H and O–H groups in total. The molecule has 4 heterocycles. The van der Waals surface area contributed by atoms with Crippen LogP contribution in [0.3, 0.4) is 0 Å². The van der Waals surface area contributed by atoms with Gasteiger partial charge in [-0.3, -0.25) is 0 Å². The van der Waals surface area contributed by atoms with E-state index in [1.165, 1.54) is 25.0 Å². The van der Waals surface area contributed by atoms with Gasteiger partial charge >= 0.3 is 0 Å². The van der Waals surface area contributed by atoms with Crippen LogP contribution in [0, 0.1) is 5.92 Å². The molecule has 8 heteroatoms. The average molecular weight is 510 g/mol. The molecule has 2 fully saturated rings. The molecule has 2 aromatic rings. The molecule has 29 heavy (non-hydrogen) atoms. The normalized spacial score (nSPS) is 25.3. The maximum atomic E-state index is 13.1. The predicted molar refractivity (Wildman–Crippen MR) is 107 cm³/mol. The second-order valence-electron chi connectivity index (χ2n) is 8.33. The first-order chi connectivity index (χ1) is 13.3. The van der Waals surface area contributed by atoms with Crippen LogP contribution in [0.2, 0.25) is 0 Å². The van der Waals surface area contributed by atoms with E-state index >= 15 is 0 Å². The van der Waals surface area contributed by atoms with E-state index in [4.69, 9.17) is 0 Å². The van der Waals surface area contributed by atoms with Crippen molar-refractivity contribution in [2.75, 3.05) is 14.1 Å². The highest BCUT2D eigenvalue weighted by atomic mass is 79.9. The SMILES string of the molecule is C[N+]1(C)[C@H]2CC[C@H]1CC(C=C(c1ccc(C(F)F)s1)c1ccc(C(F)F)s1)C2.[Br-]. The number of thiophene rings is 2. The molecule has 0 aromatic carbocycles. The molecule has 0 amide bonds. The van der Waals surface area contributed by atoms with Gasteiger partial charge in [-0.25, -0.2) is 17.6 Å². The zero-order chi connectivity index (χ0) is 20.1. The lowest BCUT2D eigenvalue weighted by molar-refractivity contribution is -0.931. The molecule has 4 rings (SSSR count). The summed E-state index contributed by atoms with van der Waals surface area (Å²) in [5.41, 5.74) is 0.838. The molecule has 2 atom stereocenters. The van der Waals surface area contributed by atoms with Gasteiger partial charge in [0.05, 0.1) is 35.9 Å². The number of quaternary nitrogens is 1. The highest BCUT2D eigenvalue weighted by Crippen LogP contribution is 2.45. The maximum Gasteiger partial charge on any atom is 0.272 e. The fraction of sp³-hybridized carbons (Fsp3) is 0.524. The van der Waals surface area contributed by atoms with Crippen molar-refractivity contribution in [1.29, 1.82) is 0 Å². The van der Waals surface area contributed by atoms with Crippen LogP contribution in [0.15, 0.2) is 30.3 Å². The second kappa shape index (κ2) is 8.81. The minimum absolute atomic E-state index is 0. The van der Waals surface area contributed by atoms with Gasteiger partial charge in [-0.15, -0.1) is 22.7 Å². The minimum Gasteiger partial charge on any atom is -1.00 e. The van der Waals surface area contributed by atoms with Crippen LogP contribution in [0.5, 0.6) is 0 Å². The Morgan fingerprint density at radius 1 is 0.897 bits per heavy atom. The van der Waals surface area contributed by atoms with Crippen molar-refractivity contribution in [1.82, 2.24) is 0 Å². The molecular weight excluding hydrogens is 486 g/mol. The third-order valence-corrected chi connectivity index (χ3v) is 8.73. The molecule has 0 spiro atoms. The van der Waals surface area contributed by atoms with Crippen LogP contribution in [-0.4, -0.2) is 30.7 Å². The van der Waals surface area contributed by atoms with Crippen LogP contribution in [0.25, 0.3) is 5.57 Å². The fourth-order valence-corrected chi connectivity index (χ4v) is 6.68. The Labute approximate surface area is 187 Å². The van der Waals surface area contributed by atoms with E-state index in [0.717, 1.165) is 55.3 Å². The van der Waals surface area contributed by atoms with Crippen LogP contribution in [0.4, 0.5) is 17.6 Å². The monoisotopic (exact) mass is 509 g/mol. The van der Waals surface area contributed by atoms with Gasteiger partial charge in [0, 0.05) is 41.0 Å². The largest absolute Gasteiger partial charge is 1.00 e. The average Bonchev–Trinajstić information content (AvgIpc) is 3.31.